The minimum absolute atomic E-state index is 0.0845. The number of hydrogen-bond donors (Lipinski definition) is 3. The number of aromatic nitrogens is 4. The van der Waals surface area contributed by atoms with Gasteiger partial charge in [0.2, 0.25) is 5.91 Å². The van der Waals surface area contributed by atoms with E-state index in [2.05, 4.69) is 30.9 Å². The molecule has 0 aliphatic carbocycles. The summed E-state index contributed by atoms with van der Waals surface area (Å²) in [6.45, 7) is 2.08. The van der Waals surface area contributed by atoms with Crippen molar-refractivity contribution in [2.75, 3.05) is 16.0 Å². The van der Waals surface area contributed by atoms with Crippen LogP contribution in [-0.4, -0.2) is 25.4 Å². The van der Waals surface area contributed by atoms with Gasteiger partial charge in [0.05, 0.1) is 0 Å². The van der Waals surface area contributed by atoms with Crippen molar-refractivity contribution in [2.24, 2.45) is 0 Å². The van der Waals surface area contributed by atoms with Crippen molar-refractivity contribution in [1.82, 2.24) is 19.5 Å². The molecule has 34 heavy (non-hydrogen) atoms. The van der Waals surface area contributed by atoms with E-state index in [4.69, 9.17) is 0 Å². The van der Waals surface area contributed by atoms with Crippen LogP contribution in [0, 0.1) is 6.92 Å². The minimum atomic E-state index is -0.0845. The smallest absolute Gasteiger partial charge is 0.244 e. The summed E-state index contributed by atoms with van der Waals surface area (Å²) >= 11 is 0. The van der Waals surface area contributed by atoms with Crippen LogP contribution in [0.5, 0.6) is 0 Å². The lowest BCUT2D eigenvalue weighted by molar-refractivity contribution is -0.116. The lowest BCUT2D eigenvalue weighted by Crippen LogP contribution is -2.18. The first-order valence-electron chi connectivity index (χ1n) is 10.9. The third kappa shape index (κ3) is 5.02. The Hall–Kier alpha value is -4.72. The summed E-state index contributed by atoms with van der Waals surface area (Å²) in [5.74, 6) is 2.56. The Bertz CT molecular complexity index is 1430. The van der Waals surface area contributed by atoms with Crippen molar-refractivity contribution in [3.05, 3.63) is 97.1 Å². The maximum absolute atomic E-state index is 12.5. The molecule has 2 aromatic carbocycles. The summed E-state index contributed by atoms with van der Waals surface area (Å²) in [4.78, 5) is 25.7. The van der Waals surface area contributed by atoms with Crippen molar-refractivity contribution in [3.63, 3.8) is 0 Å². The van der Waals surface area contributed by atoms with Crippen molar-refractivity contribution in [2.45, 2.75) is 13.5 Å². The van der Waals surface area contributed by atoms with E-state index in [0.29, 0.717) is 23.3 Å². The molecule has 0 aliphatic heterocycles. The minimum Gasteiger partial charge on any atom is -0.340 e. The zero-order valence-corrected chi connectivity index (χ0v) is 18.6. The number of benzene rings is 2. The molecule has 3 N–H and O–H groups in total. The lowest BCUT2D eigenvalue weighted by atomic mass is 10.2. The summed E-state index contributed by atoms with van der Waals surface area (Å²) in [6.07, 6.45) is 3.65. The number of para-hydroxylation sites is 1. The summed E-state index contributed by atoms with van der Waals surface area (Å²) in [6, 6.07) is 25.0. The third-order valence-electron chi connectivity index (χ3n) is 5.19. The zero-order valence-electron chi connectivity index (χ0n) is 18.6. The van der Waals surface area contributed by atoms with Crippen LogP contribution < -0.4 is 16.0 Å². The number of carbonyl (C=O) groups is 1. The standard InChI is InChI=1S/C26H23N7O/c1-18-28-24(16-25(29-18)32-23-8-4-5-14-27-23)30-20-9-11-21(12-10-20)31-26(34)17-33-15-13-19-6-2-3-7-22(19)33/h2-16H,17H2,1H3,(H,31,34)(H2,27,28,29,30,32). The zero-order chi connectivity index (χ0) is 23.3. The summed E-state index contributed by atoms with van der Waals surface area (Å²) in [5.41, 5.74) is 2.61. The van der Waals surface area contributed by atoms with Gasteiger partial charge in [-0.1, -0.05) is 24.3 Å². The van der Waals surface area contributed by atoms with Gasteiger partial charge in [-0.25, -0.2) is 15.0 Å². The van der Waals surface area contributed by atoms with Crippen molar-refractivity contribution in [3.8, 4) is 0 Å². The molecule has 3 heterocycles. The van der Waals surface area contributed by atoms with E-state index in [-0.39, 0.29) is 12.5 Å². The summed E-state index contributed by atoms with van der Waals surface area (Å²) in [7, 11) is 0. The number of amides is 1. The molecule has 0 bridgehead atoms. The quantitative estimate of drug-likeness (QED) is 0.314. The molecular formula is C26H23N7O. The maximum atomic E-state index is 12.5. The third-order valence-corrected chi connectivity index (χ3v) is 5.19. The molecule has 168 valence electrons. The molecule has 0 saturated heterocycles. The maximum Gasteiger partial charge on any atom is 0.244 e. The molecule has 1 amide bonds. The number of fused-ring (bicyclic) bond motifs is 1. The molecule has 0 fully saturated rings. The Kier molecular flexibility index (Phi) is 5.85. The van der Waals surface area contributed by atoms with Crippen LogP contribution in [0.4, 0.5) is 28.8 Å². The Morgan fingerprint density at radius 3 is 2.35 bits per heavy atom. The molecule has 3 aromatic heterocycles. The van der Waals surface area contributed by atoms with Crippen molar-refractivity contribution in [1.29, 1.82) is 0 Å². The predicted molar refractivity (Wildman–Crippen MR) is 135 cm³/mol. The van der Waals surface area contributed by atoms with Gasteiger partial charge in [0.15, 0.2) is 0 Å². The van der Waals surface area contributed by atoms with E-state index in [1.807, 2.05) is 96.6 Å². The highest BCUT2D eigenvalue weighted by Gasteiger charge is 2.08. The van der Waals surface area contributed by atoms with E-state index < -0.39 is 0 Å². The average Bonchev–Trinajstić information content (AvgIpc) is 3.23. The van der Waals surface area contributed by atoms with Gasteiger partial charge in [0.25, 0.3) is 0 Å². The summed E-state index contributed by atoms with van der Waals surface area (Å²) < 4.78 is 1.94. The number of pyridine rings is 1. The molecule has 0 spiro atoms. The second kappa shape index (κ2) is 9.41. The normalized spacial score (nSPS) is 10.7. The van der Waals surface area contributed by atoms with Crippen LogP contribution >= 0.6 is 0 Å². The molecule has 5 rings (SSSR count). The molecule has 0 aliphatic rings. The fourth-order valence-corrected chi connectivity index (χ4v) is 3.68. The largest absolute Gasteiger partial charge is 0.340 e. The van der Waals surface area contributed by atoms with Crippen LogP contribution in [0.3, 0.4) is 0 Å². The number of nitrogens with one attached hydrogen (secondary N) is 3. The lowest BCUT2D eigenvalue weighted by Gasteiger charge is -2.11. The molecule has 0 saturated carbocycles. The topological polar surface area (TPSA) is 96.8 Å². The first-order chi connectivity index (χ1) is 16.6. The Morgan fingerprint density at radius 2 is 1.56 bits per heavy atom. The van der Waals surface area contributed by atoms with Crippen LogP contribution in [0.1, 0.15) is 5.82 Å². The molecular weight excluding hydrogens is 426 g/mol. The highest BCUT2D eigenvalue weighted by atomic mass is 16.1. The van der Waals surface area contributed by atoms with Gasteiger partial charge in [-0.05, 0) is 60.8 Å². The first-order valence-corrected chi connectivity index (χ1v) is 10.9. The van der Waals surface area contributed by atoms with Crippen molar-refractivity contribution < 1.29 is 4.79 Å². The number of nitrogens with zero attached hydrogens (tertiary/aromatic N) is 4. The van der Waals surface area contributed by atoms with Gasteiger partial charge in [-0.2, -0.15) is 0 Å². The van der Waals surface area contributed by atoms with E-state index in [1.54, 1.807) is 6.20 Å². The molecule has 8 nitrogen and oxygen atoms in total. The summed E-state index contributed by atoms with van der Waals surface area (Å²) in [5, 5.41) is 10.5. The van der Waals surface area contributed by atoms with Gasteiger partial charge in [0.1, 0.15) is 29.8 Å². The van der Waals surface area contributed by atoms with E-state index in [9.17, 15) is 4.79 Å². The van der Waals surface area contributed by atoms with Gasteiger partial charge in [-0.3, -0.25) is 4.79 Å². The monoisotopic (exact) mass is 449 g/mol. The molecule has 8 heteroatoms. The highest BCUT2D eigenvalue weighted by molar-refractivity contribution is 5.92. The molecule has 0 unspecified atom stereocenters. The predicted octanol–water partition coefficient (Wildman–Crippen LogP) is 5.26. The number of anilines is 5. The number of aryl methyl sites for hydroxylation is 1. The first kappa shape index (κ1) is 21.1. The van der Waals surface area contributed by atoms with Gasteiger partial charge >= 0.3 is 0 Å². The van der Waals surface area contributed by atoms with Gasteiger partial charge in [0, 0.05) is 35.4 Å². The fraction of sp³-hybridized carbons (Fsp3) is 0.0769. The fourth-order valence-electron chi connectivity index (χ4n) is 3.68. The van der Waals surface area contributed by atoms with Crippen LogP contribution in [-0.2, 0) is 11.3 Å². The van der Waals surface area contributed by atoms with E-state index in [1.165, 1.54) is 0 Å². The van der Waals surface area contributed by atoms with Crippen LogP contribution in [0.2, 0.25) is 0 Å². The second-order valence-electron chi connectivity index (χ2n) is 7.78. The van der Waals surface area contributed by atoms with Gasteiger partial charge in [-0.15, -0.1) is 0 Å². The number of rotatable bonds is 7. The number of hydrogen-bond acceptors (Lipinski definition) is 6. The van der Waals surface area contributed by atoms with Crippen LogP contribution in [0.15, 0.2) is 91.3 Å². The average molecular weight is 450 g/mol. The van der Waals surface area contributed by atoms with Crippen LogP contribution in [0.25, 0.3) is 10.9 Å². The Balaban J connectivity index is 1.22. The number of carbonyl (C=O) groups excluding carboxylic acids is 1. The van der Waals surface area contributed by atoms with E-state index >= 15 is 0 Å². The molecule has 0 atom stereocenters. The Morgan fingerprint density at radius 1 is 0.824 bits per heavy atom. The second-order valence-corrected chi connectivity index (χ2v) is 7.78. The molecule has 0 radical (unpaired) electrons. The van der Waals surface area contributed by atoms with Crippen molar-refractivity contribution >= 4 is 45.6 Å². The van der Waals surface area contributed by atoms with E-state index in [0.717, 1.165) is 22.3 Å². The Labute approximate surface area is 196 Å². The molecule has 5 aromatic rings. The highest BCUT2D eigenvalue weighted by Crippen LogP contribution is 2.21. The SMILES string of the molecule is Cc1nc(Nc2ccc(NC(=O)Cn3ccc4ccccc43)cc2)cc(Nc2ccccn2)n1. The van der Waals surface area contributed by atoms with Gasteiger partial charge < -0.3 is 20.5 Å².